The van der Waals surface area contributed by atoms with E-state index in [0.29, 0.717) is 6.54 Å². The van der Waals surface area contributed by atoms with E-state index in [-0.39, 0.29) is 11.5 Å². The molecular weight excluding hydrogens is 264 g/mol. The number of piperidine rings is 1. The fraction of sp³-hybridized carbons (Fsp3) is 0.647. The summed E-state index contributed by atoms with van der Waals surface area (Å²) in [5, 5.41) is 0. The van der Waals surface area contributed by atoms with Crippen LogP contribution in [0.4, 0.5) is 0 Å². The number of hydrogen-bond donors (Lipinski definition) is 1. The van der Waals surface area contributed by atoms with Crippen molar-refractivity contribution < 1.29 is 9.47 Å². The number of benzene rings is 1. The predicted molar refractivity (Wildman–Crippen MR) is 84.1 cm³/mol. The van der Waals surface area contributed by atoms with Crippen molar-refractivity contribution in [1.29, 1.82) is 0 Å². The van der Waals surface area contributed by atoms with Crippen LogP contribution in [0, 0.1) is 0 Å². The highest BCUT2D eigenvalue weighted by Crippen LogP contribution is 2.52. The summed E-state index contributed by atoms with van der Waals surface area (Å²) < 4.78 is 11.9. The summed E-state index contributed by atoms with van der Waals surface area (Å²) in [5.41, 5.74) is 7.37. The maximum atomic E-state index is 6.38. The van der Waals surface area contributed by atoms with E-state index >= 15 is 0 Å². The predicted octanol–water partition coefficient (Wildman–Crippen LogP) is 2.16. The van der Waals surface area contributed by atoms with Gasteiger partial charge < -0.3 is 20.1 Å². The molecule has 2 fully saturated rings. The van der Waals surface area contributed by atoms with Crippen LogP contribution in [0.1, 0.15) is 31.2 Å². The first-order valence-electron chi connectivity index (χ1n) is 7.91. The zero-order chi connectivity index (χ0) is 14.9. The van der Waals surface area contributed by atoms with E-state index < -0.39 is 0 Å². The van der Waals surface area contributed by atoms with Gasteiger partial charge in [-0.15, -0.1) is 0 Å². The lowest BCUT2D eigenvalue weighted by atomic mass is 9.94. The first-order chi connectivity index (χ1) is 10.2. The Morgan fingerprint density at radius 3 is 2.57 bits per heavy atom. The van der Waals surface area contributed by atoms with Crippen LogP contribution in [0.3, 0.4) is 0 Å². The van der Waals surface area contributed by atoms with E-state index in [0.717, 1.165) is 50.3 Å². The molecule has 0 aromatic heterocycles. The van der Waals surface area contributed by atoms with Gasteiger partial charge in [0.05, 0.1) is 7.11 Å². The van der Waals surface area contributed by atoms with E-state index in [9.17, 15) is 0 Å². The zero-order valence-electron chi connectivity index (χ0n) is 13.1. The van der Waals surface area contributed by atoms with E-state index in [1.165, 1.54) is 5.56 Å². The first kappa shape index (κ1) is 14.7. The summed E-state index contributed by atoms with van der Waals surface area (Å²) in [6, 6.07) is 6.19. The third kappa shape index (κ3) is 2.87. The van der Waals surface area contributed by atoms with Gasteiger partial charge in [-0.25, -0.2) is 0 Å². The van der Waals surface area contributed by atoms with Gasteiger partial charge in [0.1, 0.15) is 6.10 Å². The summed E-state index contributed by atoms with van der Waals surface area (Å²) in [6.45, 7) is 2.87. The Bertz CT molecular complexity index is 492. The lowest BCUT2D eigenvalue weighted by Crippen LogP contribution is -2.36. The number of methoxy groups -OCH3 is 1. The summed E-state index contributed by atoms with van der Waals surface area (Å²) in [7, 11) is 3.88. The standard InChI is InChI=1S/C17H26N2O2/c1-19-10-6-13(7-11-19)21-16-14(17(12-18)8-9-17)4-3-5-15(16)20-2/h3-5,13H,6-12,18H2,1-2H3. The van der Waals surface area contributed by atoms with Crippen LogP contribution in [0.25, 0.3) is 0 Å². The molecule has 1 saturated carbocycles. The molecule has 116 valence electrons. The number of hydrogen-bond acceptors (Lipinski definition) is 4. The van der Waals surface area contributed by atoms with Gasteiger partial charge in [-0.05, 0) is 38.8 Å². The van der Waals surface area contributed by atoms with E-state index in [4.69, 9.17) is 15.2 Å². The maximum Gasteiger partial charge on any atom is 0.165 e. The van der Waals surface area contributed by atoms with Crippen molar-refractivity contribution in [1.82, 2.24) is 4.90 Å². The average molecular weight is 290 g/mol. The molecule has 1 aromatic carbocycles. The van der Waals surface area contributed by atoms with Gasteiger partial charge in [-0.2, -0.15) is 0 Å². The van der Waals surface area contributed by atoms with Gasteiger partial charge in [-0.3, -0.25) is 0 Å². The van der Waals surface area contributed by atoms with Gasteiger partial charge in [0.15, 0.2) is 11.5 Å². The van der Waals surface area contributed by atoms with Gasteiger partial charge in [0, 0.05) is 30.6 Å². The lowest BCUT2D eigenvalue weighted by Gasteiger charge is -2.31. The number of nitrogens with zero attached hydrogens (tertiary/aromatic N) is 1. The minimum atomic E-state index is 0.120. The average Bonchev–Trinajstić information content (AvgIpc) is 3.31. The number of rotatable bonds is 5. The molecule has 0 amide bonds. The van der Waals surface area contributed by atoms with Gasteiger partial charge >= 0.3 is 0 Å². The third-order valence-corrected chi connectivity index (χ3v) is 4.96. The number of likely N-dealkylation sites (tertiary alicyclic amines) is 1. The van der Waals surface area contributed by atoms with Crippen LogP contribution < -0.4 is 15.2 Å². The lowest BCUT2D eigenvalue weighted by molar-refractivity contribution is 0.109. The highest BCUT2D eigenvalue weighted by molar-refractivity contribution is 5.52. The van der Waals surface area contributed by atoms with Crippen molar-refractivity contribution in [2.75, 3.05) is 33.8 Å². The first-order valence-corrected chi connectivity index (χ1v) is 7.91. The normalized spacial score (nSPS) is 22.0. The second kappa shape index (κ2) is 5.85. The molecule has 0 atom stereocenters. The Hall–Kier alpha value is -1.26. The molecule has 0 bridgehead atoms. The van der Waals surface area contributed by atoms with Crippen LogP contribution >= 0.6 is 0 Å². The summed E-state index contributed by atoms with van der Waals surface area (Å²) in [6.07, 6.45) is 4.73. The van der Waals surface area contributed by atoms with E-state index in [1.807, 2.05) is 12.1 Å². The molecule has 0 unspecified atom stereocenters. The Morgan fingerprint density at radius 2 is 2.00 bits per heavy atom. The third-order valence-electron chi connectivity index (χ3n) is 4.96. The van der Waals surface area contributed by atoms with Crippen LogP contribution in [0.5, 0.6) is 11.5 Å². The Labute approximate surface area is 127 Å². The Balaban J connectivity index is 1.85. The molecule has 1 aliphatic heterocycles. The van der Waals surface area contributed by atoms with E-state index in [2.05, 4.69) is 18.0 Å². The monoisotopic (exact) mass is 290 g/mol. The highest BCUT2D eigenvalue weighted by atomic mass is 16.5. The minimum absolute atomic E-state index is 0.120. The topological polar surface area (TPSA) is 47.7 Å². The molecule has 21 heavy (non-hydrogen) atoms. The second-order valence-electron chi connectivity index (χ2n) is 6.44. The molecule has 0 spiro atoms. The van der Waals surface area contributed by atoms with Crippen molar-refractivity contribution in [3.8, 4) is 11.5 Å². The molecule has 3 rings (SSSR count). The van der Waals surface area contributed by atoms with Crippen molar-refractivity contribution >= 4 is 0 Å². The van der Waals surface area contributed by atoms with Crippen LogP contribution in [-0.4, -0.2) is 44.8 Å². The van der Waals surface area contributed by atoms with E-state index in [1.54, 1.807) is 7.11 Å². The van der Waals surface area contributed by atoms with Gasteiger partial charge in [0.2, 0.25) is 0 Å². The number of ether oxygens (including phenoxy) is 2. The van der Waals surface area contributed by atoms with Gasteiger partial charge in [-0.1, -0.05) is 12.1 Å². The van der Waals surface area contributed by atoms with Crippen molar-refractivity contribution in [3.05, 3.63) is 23.8 Å². The molecule has 0 radical (unpaired) electrons. The number of nitrogens with two attached hydrogens (primary N) is 1. The van der Waals surface area contributed by atoms with Crippen molar-refractivity contribution in [2.45, 2.75) is 37.2 Å². The Morgan fingerprint density at radius 1 is 1.29 bits per heavy atom. The molecular formula is C17H26N2O2. The smallest absolute Gasteiger partial charge is 0.165 e. The summed E-state index contributed by atoms with van der Waals surface area (Å²) in [4.78, 5) is 2.35. The molecule has 1 aromatic rings. The molecule has 4 heteroatoms. The van der Waals surface area contributed by atoms with Gasteiger partial charge in [0.25, 0.3) is 0 Å². The minimum Gasteiger partial charge on any atom is -0.493 e. The largest absolute Gasteiger partial charge is 0.493 e. The number of para-hydroxylation sites is 1. The highest BCUT2D eigenvalue weighted by Gasteiger charge is 2.45. The van der Waals surface area contributed by atoms with Crippen molar-refractivity contribution in [3.63, 3.8) is 0 Å². The fourth-order valence-electron chi connectivity index (χ4n) is 3.22. The molecule has 2 aliphatic rings. The summed E-state index contributed by atoms with van der Waals surface area (Å²) in [5.74, 6) is 1.77. The van der Waals surface area contributed by atoms with Crippen LogP contribution in [0.15, 0.2) is 18.2 Å². The van der Waals surface area contributed by atoms with Crippen LogP contribution in [-0.2, 0) is 5.41 Å². The maximum absolute atomic E-state index is 6.38. The SMILES string of the molecule is COc1cccc(C2(CN)CC2)c1OC1CCN(C)CC1. The zero-order valence-corrected chi connectivity index (χ0v) is 13.1. The fourth-order valence-corrected chi connectivity index (χ4v) is 3.22. The molecule has 1 aliphatic carbocycles. The Kier molecular flexibility index (Phi) is 4.09. The second-order valence-corrected chi connectivity index (χ2v) is 6.44. The van der Waals surface area contributed by atoms with Crippen molar-refractivity contribution in [2.24, 2.45) is 5.73 Å². The molecule has 1 heterocycles. The quantitative estimate of drug-likeness (QED) is 0.903. The molecule has 2 N–H and O–H groups in total. The summed E-state index contributed by atoms with van der Waals surface area (Å²) >= 11 is 0. The molecule has 4 nitrogen and oxygen atoms in total. The molecule has 1 saturated heterocycles. The van der Waals surface area contributed by atoms with Crippen LogP contribution in [0.2, 0.25) is 0 Å².